The Morgan fingerprint density at radius 1 is 1.61 bits per heavy atom. The standard InChI is InChI=1S/C11H17N3OS.2ClH/c1-11(3-2-4-12-7-11)10(15)13-5-9-6-16-8-14-9;;/h6,8,12H,2-5,7H2,1H3,(H,13,15);2*1H. The number of rotatable bonds is 3. The zero-order chi connectivity index (χ0) is 11.4. The van der Waals surface area contributed by atoms with Crippen molar-refractivity contribution < 1.29 is 4.79 Å². The van der Waals surface area contributed by atoms with E-state index in [-0.39, 0.29) is 36.1 Å². The van der Waals surface area contributed by atoms with Crippen LogP contribution in [0.4, 0.5) is 0 Å². The molecule has 7 heteroatoms. The summed E-state index contributed by atoms with van der Waals surface area (Å²) in [6.45, 7) is 4.36. The Morgan fingerprint density at radius 2 is 2.39 bits per heavy atom. The van der Waals surface area contributed by atoms with E-state index in [0.29, 0.717) is 6.54 Å². The molecule has 1 atom stereocenters. The van der Waals surface area contributed by atoms with Gasteiger partial charge < -0.3 is 10.6 Å². The van der Waals surface area contributed by atoms with Crippen LogP contribution >= 0.6 is 36.2 Å². The van der Waals surface area contributed by atoms with E-state index in [4.69, 9.17) is 0 Å². The summed E-state index contributed by atoms with van der Waals surface area (Å²) in [5.41, 5.74) is 2.46. The van der Waals surface area contributed by atoms with Gasteiger partial charge in [-0.3, -0.25) is 4.79 Å². The molecule has 104 valence electrons. The number of aromatic nitrogens is 1. The fraction of sp³-hybridized carbons (Fsp3) is 0.636. The minimum Gasteiger partial charge on any atom is -0.350 e. The molecule has 0 aromatic carbocycles. The minimum atomic E-state index is -0.256. The maximum Gasteiger partial charge on any atom is 0.227 e. The highest BCUT2D eigenvalue weighted by Gasteiger charge is 2.34. The van der Waals surface area contributed by atoms with Crippen molar-refractivity contribution in [1.82, 2.24) is 15.6 Å². The van der Waals surface area contributed by atoms with E-state index in [1.165, 1.54) is 0 Å². The molecular weight excluding hydrogens is 293 g/mol. The van der Waals surface area contributed by atoms with Crippen LogP contribution in [0.3, 0.4) is 0 Å². The van der Waals surface area contributed by atoms with Crippen LogP contribution in [0.2, 0.25) is 0 Å². The fourth-order valence-corrected chi connectivity index (χ4v) is 2.52. The van der Waals surface area contributed by atoms with Gasteiger partial charge in [-0.15, -0.1) is 36.2 Å². The first-order valence-corrected chi connectivity index (χ1v) is 6.51. The Labute approximate surface area is 124 Å². The van der Waals surface area contributed by atoms with Gasteiger partial charge in [-0.25, -0.2) is 4.98 Å². The van der Waals surface area contributed by atoms with E-state index in [1.54, 1.807) is 16.8 Å². The lowest BCUT2D eigenvalue weighted by Gasteiger charge is -2.32. The third kappa shape index (κ3) is 4.39. The SMILES string of the molecule is CC1(C(=O)NCc2cscn2)CCCNC1.Cl.Cl. The average molecular weight is 312 g/mol. The van der Waals surface area contributed by atoms with Crippen LogP contribution in [0.15, 0.2) is 10.9 Å². The van der Waals surface area contributed by atoms with Crippen LogP contribution in [0.25, 0.3) is 0 Å². The van der Waals surface area contributed by atoms with Crippen molar-refractivity contribution in [2.75, 3.05) is 13.1 Å². The quantitative estimate of drug-likeness (QED) is 0.897. The number of amides is 1. The number of hydrogen-bond donors (Lipinski definition) is 2. The van der Waals surface area contributed by atoms with Gasteiger partial charge in [0, 0.05) is 11.9 Å². The number of carbonyl (C=O) groups excluding carboxylic acids is 1. The molecule has 2 N–H and O–H groups in total. The highest BCUT2D eigenvalue weighted by atomic mass is 35.5. The van der Waals surface area contributed by atoms with Crippen molar-refractivity contribution in [3.63, 3.8) is 0 Å². The summed E-state index contributed by atoms with van der Waals surface area (Å²) >= 11 is 1.55. The zero-order valence-electron chi connectivity index (χ0n) is 10.3. The van der Waals surface area contributed by atoms with Gasteiger partial charge in [0.15, 0.2) is 0 Å². The molecule has 1 aromatic rings. The number of piperidine rings is 1. The summed E-state index contributed by atoms with van der Waals surface area (Å²) in [6, 6.07) is 0. The van der Waals surface area contributed by atoms with Crippen LogP contribution in [0, 0.1) is 5.41 Å². The second-order valence-corrected chi connectivity index (χ2v) is 5.22. The first kappa shape index (κ1) is 17.6. The lowest BCUT2D eigenvalue weighted by molar-refractivity contribution is -0.131. The number of thiazole rings is 1. The average Bonchev–Trinajstić information content (AvgIpc) is 2.79. The Morgan fingerprint density at radius 3 is 2.94 bits per heavy atom. The Hall–Kier alpha value is -0.360. The van der Waals surface area contributed by atoms with Crippen molar-refractivity contribution in [3.05, 3.63) is 16.6 Å². The number of hydrogen-bond acceptors (Lipinski definition) is 4. The Bertz CT molecular complexity index is 353. The molecule has 1 aliphatic heterocycles. The molecule has 1 unspecified atom stereocenters. The monoisotopic (exact) mass is 311 g/mol. The number of halogens is 2. The number of nitrogens with one attached hydrogen (secondary N) is 2. The molecule has 2 heterocycles. The van der Waals surface area contributed by atoms with E-state index in [0.717, 1.165) is 31.6 Å². The van der Waals surface area contributed by atoms with Gasteiger partial charge in [-0.05, 0) is 26.3 Å². The Balaban J connectivity index is 0.00000144. The number of carbonyl (C=O) groups is 1. The van der Waals surface area contributed by atoms with Crippen molar-refractivity contribution >= 4 is 42.1 Å². The van der Waals surface area contributed by atoms with E-state index in [2.05, 4.69) is 15.6 Å². The molecule has 1 aromatic heterocycles. The molecule has 1 amide bonds. The molecule has 18 heavy (non-hydrogen) atoms. The van der Waals surface area contributed by atoms with E-state index in [1.807, 2.05) is 12.3 Å². The van der Waals surface area contributed by atoms with E-state index < -0.39 is 0 Å². The maximum absolute atomic E-state index is 12.0. The van der Waals surface area contributed by atoms with E-state index in [9.17, 15) is 4.79 Å². The van der Waals surface area contributed by atoms with Crippen LogP contribution in [-0.4, -0.2) is 24.0 Å². The van der Waals surface area contributed by atoms with Gasteiger partial charge in [-0.2, -0.15) is 0 Å². The van der Waals surface area contributed by atoms with Crippen LogP contribution in [0.1, 0.15) is 25.5 Å². The molecule has 0 saturated carbocycles. The van der Waals surface area contributed by atoms with Gasteiger partial charge >= 0.3 is 0 Å². The summed E-state index contributed by atoms with van der Waals surface area (Å²) in [5.74, 6) is 0.132. The third-order valence-corrected chi connectivity index (χ3v) is 3.69. The van der Waals surface area contributed by atoms with Crippen molar-refractivity contribution in [2.24, 2.45) is 5.41 Å². The third-order valence-electron chi connectivity index (χ3n) is 3.06. The predicted octanol–water partition coefficient (Wildman–Crippen LogP) is 1.99. The maximum atomic E-state index is 12.0. The van der Waals surface area contributed by atoms with Gasteiger partial charge in [-0.1, -0.05) is 0 Å². The Kier molecular flexibility index (Phi) is 7.78. The van der Waals surface area contributed by atoms with Gasteiger partial charge in [0.25, 0.3) is 0 Å². The topological polar surface area (TPSA) is 54.0 Å². The second kappa shape index (κ2) is 7.94. The largest absolute Gasteiger partial charge is 0.350 e. The molecule has 2 rings (SSSR count). The zero-order valence-corrected chi connectivity index (χ0v) is 12.7. The predicted molar refractivity (Wildman–Crippen MR) is 78.7 cm³/mol. The first-order valence-electron chi connectivity index (χ1n) is 5.57. The second-order valence-electron chi connectivity index (χ2n) is 4.50. The van der Waals surface area contributed by atoms with Gasteiger partial charge in [0.05, 0.1) is 23.2 Å². The molecule has 0 bridgehead atoms. The van der Waals surface area contributed by atoms with E-state index >= 15 is 0 Å². The highest BCUT2D eigenvalue weighted by molar-refractivity contribution is 7.07. The van der Waals surface area contributed by atoms with Gasteiger partial charge in [0.2, 0.25) is 5.91 Å². The smallest absolute Gasteiger partial charge is 0.227 e. The lowest BCUT2D eigenvalue weighted by atomic mass is 9.82. The van der Waals surface area contributed by atoms with Crippen molar-refractivity contribution in [2.45, 2.75) is 26.3 Å². The van der Waals surface area contributed by atoms with Gasteiger partial charge in [0.1, 0.15) is 0 Å². The molecule has 0 radical (unpaired) electrons. The first-order chi connectivity index (χ1) is 7.71. The summed E-state index contributed by atoms with van der Waals surface area (Å²) in [6.07, 6.45) is 2.03. The van der Waals surface area contributed by atoms with Crippen molar-refractivity contribution in [1.29, 1.82) is 0 Å². The summed E-state index contributed by atoms with van der Waals surface area (Å²) in [5, 5.41) is 8.20. The van der Waals surface area contributed by atoms with Crippen molar-refractivity contribution in [3.8, 4) is 0 Å². The summed E-state index contributed by atoms with van der Waals surface area (Å²) < 4.78 is 0. The normalized spacial score (nSPS) is 22.5. The summed E-state index contributed by atoms with van der Waals surface area (Å²) in [4.78, 5) is 16.2. The van der Waals surface area contributed by atoms with Crippen LogP contribution < -0.4 is 10.6 Å². The number of nitrogens with zero attached hydrogens (tertiary/aromatic N) is 1. The summed E-state index contributed by atoms with van der Waals surface area (Å²) in [7, 11) is 0. The van der Waals surface area contributed by atoms with Crippen LogP contribution in [0.5, 0.6) is 0 Å². The molecule has 1 fully saturated rings. The van der Waals surface area contributed by atoms with Crippen LogP contribution in [-0.2, 0) is 11.3 Å². The molecule has 1 aliphatic rings. The highest BCUT2D eigenvalue weighted by Crippen LogP contribution is 2.25. The molecule has 0 spiro atoms. The molecule has 1 saturated heterocycles. The molecule has 4 nitrogen and oxygen atoms in total. The molecular formula is C11H19Cl2N3OS. The fourth-order valence-electron chi connectivity index (χ4n) is 1.96. The molecule has 0 aliphatic carbocycles. The minimum absolute atomic E-state index is 0. The lowest BCUT2D eigenvalue weighted by Crippen LogP contribution is -2.48.